The highest BCUT2D eigenvalue weighted by Gasteiger charge is 2.08. The molecule has 0 aliphatic heterocycles. The molecule has 0 saturated carbocycles. The second-order valence-electron chi connectivity index (χ2n) is 3.37. The van der Waals surface area contributed by atoms with Gasteiger partial charge >= 0.3 is 0 Å². The Balaban J connectivity index is 2.93. The zero-order valence-electron chi connectivity index (χ0n) is 9.35. The van der Waals surface area contributed by atoms with Crippen molar-refractivity contribution in [1.82, 2.24) is 0 Å². The fraction of sp³-hybridized carbons (Fsp3) is 0.273. The SMILES string of the molecule is CCC(=O)C(Cl)=NNc1c(C)cc(Cl)cc1Cl. The number of benzene rings is 1. The zero-order chi connectivity index (χ0) is 13.0. The minimum atomic E-state index is -0.234. The van der Waals surface area contributed by atoms with E-state index in [4.69, 9.17) is 34.8 Å². The molecular weight excluding hydrogens is 282 g/mol. The molecule has 0 aliphatic carbocycles. The van der Waals surface area contributed by atoms with Gasteiger partial charge < -0.3 is 0 Å². The minimum absolute atomic E-state index is 0.0992. The first-order valence-electron chi connectivity index (χ1n) is 4.93. The molecule has 6 heteroatoms. The van der Waals surface area contributed by atoms with Crippen molar-refractivity contribution >= 4 is 51.4 Å². The number of hydrogen-bond donors (Lipinski definition) is 1. The van der Waals surface area contributed by atoms with Gasteiger partial charge in [-0.2, -0.15) is 5.10 Å². The summed E-state index contributed by atoms with van der Waals surface area (Å²) in [6.07, 6.45) is 0.303. The predicted octanol–water partition coefficient (Wildman–Crippen LogP) is 4.25. The number of carbonyl (C=O) groups excluding carboxylic acids is 1. The fourth-order valence-electron chi connectivity index (χ4n) is 1.16. The highest BCUT2D eigenvalue weighted by molar-refractivity contribution is 6.83. The molecule has 0 spiro atoms. The van der Waals surface area contributed by atoms with E-state index in [-0.39, 0.29) is 11.0 Å². The van der Waals surface area contributed by atoms with Gasteiger partial charge in [-0.3, -0.25) is 10.2 Å². The number of anilines is 1. The maximum absolute atomic E-state index is 11.2. The monoisotopic (exact) mass is 292 g/mol. The molecule has 0 amide bonds. The van der Waals surface area contributed by atoms with Crippen LogP contribution in [0.3, 0.4) is 0 Å². The van der Waals surface area contributed by atoms with Crippen LogP contribution in [0, 0.1) is 6.92 Å². The van der Waals surface area contributed by atoms with Crippen molar-refractivity contribution in [1.29, 1.82) is 0 Å². The van der Waals surface area contributed by atoms with E-state index in [0.29, 0.717) is 22.2 Å². The number of rotatable bonds is 4. The number of nitrogens with zero attached hydrogens (tertiary/aromatic N) is 1. The number of aryl methyl sites for hydroxylation is 1. The average molecular weight is 294 g/mol. The second-order valence-corrected chi connectivity index (χ2v) is 4.57. The van der Waals surface area contributed by atoms with Crippen molar-refractivity contribution in [2.75, 3.05) is 5.43 Å². The first-order chi connectivity index (χ1) is 7.95. The Labute approximate surface area is 115 Å². The first kappa shape index (κ1) is 14.3. The minimum Gasteiger partial charge on any atom is -0.291 e. The number of halogens is 3. The highest BCUT2D eigenvalue weighted by atomic mass is 35.5. The van der Waals surface area contributed by atoms with Crippen LogP contribution in [0.1, 0.15) is 18.9 Å². The molecule has 0 atom stereocenters. The van der Waals surface area contributed by atoms with Crippen LogP contribution in [-0.2, 0) is 4.79 Å². The second kappa shape index (κ2) is 6.24. The van der Waals surface area contributed by atoms with Crippen molar-refractivity contribution in [3.63, 3.8) is 0 Å². The Hall–Kier alpha value is -0.770. The summed E-state index contributed by atoms with van der Waals surface area (Å²) in [6, 6.07) is 3.32. The lowest BCUT2D eigenvalue weighted by Gasteiger charge is -2.08. The number of nitrogens with one attached hydrogen (secondary N) is 1. The van der Waals surface area contributed by atoms with Crippen molar-refractivity contribution < 1.29 is 4.79 Å². The van der Waals surface area contributed by atoms with E-state index < -0.39 is 0 Å². The molecule has 1 aromatic rings. The van der Waals surface area contributed by atoms with Gasteiger partial charge in [0.05, 0.1) is 10.7 Å². The van der Waals surface area contributed by atoms with Gasteiger partial charge in [0.15, 0.2) is 11.0 Å². The Bertz CT molecular complexity index is 449. The molecule has 92 valence electrons. The van der Waals surface area contributed by atoms with Crippen LogP contribution in [0.5, 0.6) is 0 Å². The third-order valence-corrected chi connectivity index (χ3v) is 2.88. The van der Waals surface area contributed by atoms with Gasteiger partial charge in [-0.25, -0.2) is 0 Å². The summed E-state index contributed by atoms with van der Waals surface area (Å²) in [5.41, 5.74) is 4.07. The predicted molar refractivity (Wildman–Crippen MR) is 73.4 cm³/mol. The van der Waals surface area contributed by atoms with Gasteiger partial charge in [-0.05, 0) is 24.6 Å². The third kappa shape index (κ3) is 3.87. The normalized spacial score (nSPS) is 11.5. The summed E-state index contributed by atoms with van der Waals surface area (Å²) in [4.78, 5) is 11.2. The van der Waals surface area contributed by atoms with Gasteiger partial charge in [0, 0.05) is 11.4 Å². The Morgan fingerprint density at radius 2 is 2.06 bits per heavy atom. The quantitative estimate of drug-likeness (QED) is 0.666. The molecule has 0 aromatic heterocycles. The Kier molecular flexibility index (Phi) is 5.25. The summed E-state index contributed by atoms with van der Waals surface area (Å²) in [6.45, 7) is 3.53. The lowest BCUT2D eigenvalue weighted by Crippen LogP contribution is -2.08. The van der Waals surface area contributed by atoms with E-state index in [9.17, 15) is 4.79 Å². The standard InChI is InChI=1S/C11H11Cl3N2O/c1-3-9(17)11(14)16-15-10-6(2)4-7(12)5-8(10)13/h4-5,15H,3H2,1-2H3. The lowest BCUT2D eigenvalue weighted by molar-refractivity contribution is -0.112. The third-order valence-electron chi connectivity index (χ3n) is 2.07. The highest BCUT2D eigenvalue weighted by Crippen LogP contribution is 2.29. The van der Waals surface area contributed by atoms with Crippen LogP contribution >= 0.6 is 34.8 Å². The van der Waals surface area contributed by atoms with Crippen LogP contribution < -0.4 is 5.43 Å². The van der Waals surface area contributed by atoms with E-state index in [1.54, 1.807) is 19.1 Å². The van der Waals surface area contributed by atoms with Crippen LogP contribution in [0.2, 0.25) is 10.0 Å². The number of carbonyl (C=O) groups is 1. The summed E-state index contributed by atoms with van der Waals surface area (Å²) in [7, 11) is 0. The molecule has 0 unspecified atom stereocenters. The van der Waals surface area contributed by atoms with E-state index in [1.807, 2.05) is 6.92 Å². The fourth-order valence-corrected chi connectivity index (χ4v) is 1.97. The van der Waals surface area contributed by atoms with Gasteiger partial charge in [0.2, 0.25) is 0 Å². The molecule has 17 heavy (non-hydrogen) atoms. The molecule has 1 N–H and O–H groups in total. The van der Waals surface area contributed by atoms with Crippen molar-refractivity contribution in [3.8, 4) is 0 Å². The summed E-state index contributed by atoms with van der Waals surface area (Å²) in [5.74, 6) is -0.234. The maximum atomic E-state index is 11.2. The first-order valence-corrected chi connectivity index (χ1v) is 6.07. The van der Waals surface area contributed by atoms with E-state index in [1.165, 1.54) is 0 Å². The maximum Gasteiger partial charge on any atom is 0.194 e. The molecule has 0 aliphatic rings. The summed E-state index contributed by atoms with van der Waals surface area (Å²) >= 11 is 17.5. The Morgan fingerprint density at radius 3 is 2.59 bits per heavy atom. The zero-order valence-corrected chi connectivity index (χ0v) is 11.6. The van der Waals surface area contributed by atoms with Crippen LogP contribution in [0.4, 0.5) is 5.69 Å². The lowest BCUT2D eigenvalue weighted by atomic mass is 10.2. The number of hydrazone groups is 1. The summed E-state index contributed by atoms with van der Waals surface area (Å²) < 4.78 is 0. The van der Waals surface area contributed by atoms with Gasteiger partial charge in [0.1, 0.15) is 0 Å². The smallest absolute Gasteiger partial charge is 0.194 e. The summed E-state index contributed by atoms with van der Waals surface area (Å²) in [5, 5.41) is 4.64. The molecule has 1 aromatic carbocycles. The topological polar surface area (TPSA) is 41.5 Å². The van der Waals surface area contributed by atoms with Gasteiger partial charge in [-0.15, -0.1) is 0 Å². The molecule has 0 bridgehead atoms. The largest absolute Gasteiger partial charge is 0.291 e. The molecule has 0 fully saturated rings. The van der Waals surface area contributed by atoms with Crippen LogP contribution in [-0.4, -0.2) is 11.0 Å². The molecule has 3 nitrogen and oxygen atoms in total. The molecular formula is C11H11Cl3N2O. The van der Waals surface area contributed by atoms with Crippen LogP contribution in [0.15, 0.2) is 17.2 Å². The molecule has 0 heterocycles. The molecule has 0 radical (unpaired) electrons. The van der Waals surface area contributed by atoms with Crippen molar-refractivity contribution in [2.24, 2.45) is 5.10 Å². The molecule has 1 rings (SSSR count). The number of Topliss-reactive ketones (excluding diaryl/α,β-unsaturated/α-hetero) is 1. The van der Waals surface area contributed by atoms with Crippen LogP contribution in [0.25, 0.3) is 0 Å². The average Bonchev–Trinajstić information content (AvgIpc) is 2.26. The van der Waals surface area contributed by atoms with Gasteiger partial charge in [-0.1, -0.05) is 41.7 Å². The van der Waals surface area contributed by atoms with E-state index in [0.717, 1.165) is 5.56 Å². The Morgan fingerprint density at radius 1 is 1.41 bits per heavy atom. The van der Waals surface area contributed by atoms with Crippen molar-refractivity contribution in [3.05, 3.63) is 27.7 Å². The van der Waals surface area contributed by atoms with E-state index in [2.05, 4.69) is 10.5 Å². The van der Waals surface area contributed by atoms with Gasteiger partial charge in [0.25, 0.3) is 0 Å². The number of ketones is 1. The van der Waals surface area contributed by atoms with Crippen molar-refractivity contribution in [2.45, 2.75) is 20.3 Å². The number of hydrogen-bond acceptors (Lipinski definition) is 3. The molecule has 0 saturated heterocycles. The van der Waals surface area contributed by atoms with E-state index >= 15 is 0 Å².